The maximum absolute atomic E-state index is 12.1. The number of rotatable bonds is 7. The summed E-state index contributed by atoms with van der Waals surface area (Å²) in [6.07, 6.45) is 8.76. The van der Waals surface area contributed by atoms with Gasteiger partial charge in [0.25, 0.3) is 0 Å². The Labute approximate surface area is 120 Å². The second-order valence-electron chi connectivity index (χ2n) is 5.35. The number of hydrogen-bond acceptors (Lipinski definition) is 3. The fourth-order valence-electron chi connectivity index (χ4n) is 2.69. The topological polar surface area (TPSA) is 69.6 Å². The van der Waals surface area contributed by atoms with Gasteiger partial charge in [-0.15, -0.1) is 6.42 Å². The molecule has 0 bridgehead atoms. The summed E-state index contributed by atoms with van der Waals surface area (Å²) in [5, 5.41) is 11.8. The number of nitrogens with zero attached hydrogens (tertiary/aromatic N) is 1. The molecule has 5 heteroatoms. The van der Waals surface area contributed by atoms with Crippen molar-refractivity contribution in [3.63, 3.8) is 0 Å². The van der Waals surface area contributed by atoms with Crippen molar-refractivity contribution in [1.82, 2.24) is 10.2 Å². The third-order valence-electron chi connectivity index (χ3n) is 4.12. The third kappa shape index (κ3) is 4.24. The van der Waals surface area contributed by atoms with E-state index in [0.717, 1.165) is 19.4 Å². The van der Waals surface area contributed by atoms with E-state index in [0.29, 0.717) is 12.8 Å². The lowest BCUT2D eigenvalue weighted by molar-refractivity contribution is -0.138. The first-order valence-electron chi connectivity index (χ1n) is 7.21. The number of aliphatic carboxylic acids is 1. The van der Waals surface area contributed by atoms with Crippen LogP contribution in [0.2, 0.25) is 0 Å². The van der Waals surface area contributed by atoms with Gasteiger partial charge < -0.3 is 10.4 Å². The van der Waals surface area contributed by atoms with Crippen LogP contribution in [-0.2, 0) is 9.59 Å². The van der Waals surface area contributed by atoms with Crippen LogP contribution in [0.1, 0.15) is 46.0 Å². The quantitative estimate of drug-likeness (QED) is 0.688. The summed E-state index contributed by atoms with van der Waals surface area (Å²) in [6.45, 7) is 4.90. The molecule has 0 aliphatic carbocycles. The van der Waals surface area contributed by atoms with Gasteiger partial charge in [-0.2, -0.15) is 0 Å². The molecule has 1 fully saturated rings. The van der Waals surface area contributed by atoms with Crippen LogP contribution in [0.4, 0.5) is 0 Å². The lowest BCUT2D eigenvalue weighted by Crippen LogP contribution is -2.50. The minimum Gasteiger partial charge on any atom is -0.481 e. The van der Waals surface area contributed by atoms with Crippen molar-refractivity contribution >= 4 is 11.9 Å². The summed E-state index contributed by atoms with van der Waals surface area (Å²) in [6, 6.07) is -0.0401. The molecule has 2 N–H and O–H groups in total. The monoisotopic (exact) mass is 280 g/mol. The van der Waals surface area contributed by atoms with Crippen molar-refractivity contribution in [3.05, 3.63) is 0 Å². The molecule has 0 saturated carbocycles. The maximum atomic E-state index is 12.1. The lowest BCUT2D eigenvalue weighted by atomic mass is 9.94. The number of amides is 1. The highest BCUT2D eigenvalue weighted by Gasteiger charge is 2.30. The Hall–Kier alpha value is -1.54. The Morgan fingerprint density at radius 1 is 1.45 bits per heavy atom. The van der Waals surface area contributed by atoms with Gasteiger partial charge in [-0.05, 0) is 32.2 Å². The van der Waals surface area contributed by atoms with Gasteiger partial charge >= 0.3 is 5.97 Å². The predicted octanol–water partition coefficient (Wildman–Crippen LogP) is 1.23. The standard InChI is InChI=1S/C15H24N2O3/c1-4-15(5-2,6-3)16-13(18)11-17-9-7-8-12(17)10-14(19)20/h1,12H,5-11H2,2-3H3,(H,16,18)(H,19,20). The van der Waals surface area contributed by atoms with Crippen molar-refractivity contribution in [1.29, 1.82) is 0 Å². The summed E-state index contributed by atoms with van der Waals surface area (Å²) in [5.74, 6) is 1.73. The maximum Gasteiger partial charge on any atom is 0.304 e. The molecule has 1 unspecified atom stereocenters. The van der Waals surface area contributed by atoms with Crippen LogP contribution in [0.5, 0.6) is 0 Å². The average molecular weight is 280 g/mol. The molecule has 1 atom stereocenters. The lowest BCUT2D eigenvalue weighted by Gasteiger charge is -2.29. The van der Waals surface area contributed by atoms with Crippen LogP contribution in [-0.4, -0.2) is 46.6 Å². The van der Waals surface area contributed by atoms with E-state index in [1.54, 1.807) is 0 Å². The van der Waals surface area contributed by atoms with E-state index in [-0.39, 0.29) is 24.9 Å². The van der Waals surface area contributed by atoms with Crippen molar-refractivity contribution in [2.75, 3.05) is 13.1 Å². The molecule has 0 aromatic heterocycles. The zero-order chi connectivity index (χ0) is 15.2. The van der Waals surface area contributed by atoms with Crippen LogP contribution >= 0.6 is 0 Å². The molecule has 1 heterocycles. The Balaban J connectivity index is 2.57. The molecule has 1 amide bonds. The van der Waals surface area contributed by atoms with Crippen LogP contribution in [0, 0.1) is 12.3 Å². The first kappa shape index (κ1) is 16.5. The molecular weight excluding hydrogens is 256 g/mol. The van der Waals surface area contributed by atoms with Crippen molar-refractivity contribution < 1.29 is 14.7 Å². The smallest absolute Gasteiger partial charge is 0.304 e. The largest absolute Gasteiger partial charge is 0.481 e. The fourth-order valence-corrected chi connectivity index (χ4v) is 2.69. The van der Waals surface area contributed by atoms with E-state index in [4.69, 9.17) is 11.5 Å². The number of hydrogen-bond donors (Lipinski definition) is 2. The zero-order valence-electron chi connectivity index (χ0n) is 12.3. The predicted molar refractivity (Wildman–Crippen MR) is 77.1 cm³/mol. The summed E-state index contributed by atoms with van der Waals surface area (Å²) >= 11 is 0. The van der Waals surface area contributed by atoms with E-state index in [2.05, 4.69) is 11.2 Å². The molecule has 0 spiro atoms. The van der Waals surface area contributed by atoms with E-state index in [9.17, 15) is 9.59 Å². The summed E-state index contributed by atoms with van der Waals surface area (Å²) < 4.78 is 0. The Morgan fingerprint density at radius 3 is 2.60 bits per heavy atom. The fraction of sp³-hybridized carbons (Fsp3) is 0.733. The molecule has 0 aromatic carbocycles. The first-order valence-corrected chi connectivity index (χ1v) is 7.21. The molecule has 1 rings (SSSR count). The number of nitrogens with one attached hydrogen (secondary N) is 1. The van der Waals surface area contributed by atoms with Gasteiger partial charge in [-0.25, -0.2) is 0 Å². The van der Waals surface area contributed by atoms with Gasteiger partial charge in [0.2, 0.25) is 5.91 Å². The van der Waals surface area contributed by atoms with E-state index in [1.165, 1.54) is 0 Å². The van der Waals surface area contributed by atoms with Gasteiger partial charge in [0, 0.05) is 6.04 Å². The second-order valence-corrected chi connectivity index (χ2v) is 5.35. The molecule has 1 aliphatic heterocycles. The van der Waals surface area contributed by atoms with Crippen LogP contribution < -0.4 is 5.32 Å². The number of carbonyl (C=O) groups excluding carboxylic acids is 1. The molecule has 20 heavy (non-hydrogen) atoms. The Kier molecular flexibility index (Phi) is 6.03. The molecule has 1 aliphatic rings. The molecule has 1 saturated heterocycles. The van der Waals surface area contributed by atoms with E-state index in [1.807, 2.05) is 18.7 Å². The van der Waals surface area contributed by atoms with Gasteiger partial charge in [0.15, 0.2) is 0 Å². The number of carboxylic acid groups (broad SMARTS) is 1. The van der Waals surface area contributed by atoms with Crippen molar-refractivity contribution in [2.24, 2.45) is 0 Å². The summed E-state index contributed by atoms with van der Waals surface area (Å²) in [5.41, 5.74) is -0.584. The highest BCUT2D eigenvalue weighted by atomic mass is 16.4. The van der Waals surface area contributed by atoms with Gasteiger partial charge in [0.1, 0.15) is 5.54 Å². The molecule has 112 valence electrons. The van der Waals surface area contributed by atoms with Crippen molar-refractivity contribution in [2.45, 2.75) is 57.5 Å². The van der Waals surface area contributed by atoms with Gasteiger partial charge in [0.05, 0.1) is 13.0 Å². The average Bonchev–Trinajstić information content (AvgIpc) is 2.82. The van der Waals surface area contributed by atoms with Crippen LogP contribution in [0.25, 0.3) is 0 Å². The number of carboxylic acids is 1. The van der Waals surface area contributed by atoms with Crippen LogP contribution in [0.3, 0.4) is 0 Å². The molecular formula is C15H24N2O3. The normalized spacial score (nSPS) is 19.6. The van der Waals surface area contributed by atoms with Gasteiger partial charge in [-0.3, -0.25) is 14.5 Å². The summed E-state index contributed by atoms with van der Waals surface area (Å²) in [4.78, 5) is 24.9. The second kappa shape index (κ2) is 7.30. The Morgan fingerprint density at radius 2 is 2.10 bits per heavy atom. The molecule has 0 aromatic rings. The minimum atomic E-state index is -0.817. The summed E-state index contributed by atoms with van der Waals surface area (Å²) in [7, 11) is 0. The van der Waals surface area contributed by atoms with E-state index < -0.39 is 11.5 Å². The van der Waals surface area contributed by atoms with Crippen LogP contribution in [0.15, 0.2) is 0 Å². The first-order chi connectivity index (χ1) is 9.46. The minimum absolute atomic E-state index is 0.0401. The highest BCUT2D eigenvalue weighted by molar-refractivity contribution is 5.79. The zero-order valence-corrected chi connectivity index (χ0v) is 12.3. The number of likely N-dealkylation sites (tertiary alicyclic amines) is 1. The molecule has 0 radical (unpaired) electrons. The number of terminal acetylenes is 1. The third-order valence-corrected chi connectivity index (χ3v) is 4.12. The molecule has 5 nitrogen and oxygen atoms in total. The number of carbonyl (C=O) groups is 2. The highest BCUT2D eigenvalue weighted by Crippen LogP contribution is 2.20. The van der Waals surface area contributed by atoms with E-state index >= 15 is 0 Å². The van der Waals surface area contributed by atoms with Crippen molar-refractivity contribution in [3.8, 4) is 12.3 Å². The SMILES string of the molecule is C#CC(CC)(CC)NC(=O)CN1CCCC1CC(=O)O. The van der Waals surface area contributed by atoms with Gasteiger partial charge in [-0.1, -0.05) is 19.8 Å². The Bertz CT molecular complexity index is 396.